The van der Waals surface area contributed by atoms with Crippen LogP contribution in [-0.2, 0) is 0 Å². The Morgan fingerprint density at radius 2 is 2.06 bits per heavy atom. The molecule has 2 N–H and O–H groups in total. The molecule has 2 heterocycles. The van der Waals surface area contributed by atoms with Crippen molar-refractivity contribution in [2.24, 2.45) is 0 Å². The topological polar surface area (TPSA) is 65.8 Å². The minimum absolute atomic E-state index is 0.351. The molecule has 5 nitrogen and oxygen atoms in total. The third kappa shape index (κ3) is 3.69. The van der Waals surface area contributed by atoms with Gasteiger partial charge in [-0.05, 0) is 32.0 Å². The zero-order chi connectivity index (χ0) is 12.1. The van der Waals surface area contributed by atoms with E-state index in [1.807, 2.05) is 0 Å². The molecule has 6 heteroatoms. The van der Waals surface area contributed by atoms with Gasteiger partial charge in [-0.2, -0.15) is 0 Å². The second-order valence-corrected chi connectivity index (χ2v) is 4.22. The summed E-state index contributed by atoms with van der Waals surface area (Å²) in [6.45, 7) is 3.81. The van der Waals surface area contributed by atoms with Crippen molar-refractivity contribution < 1.29 is 14.8 Å². The molecule has 0 atom stereocenters. The second kappa shape index (κ2) is 6.00. The van der Waals surface area contributed by atoms with Gasteiger partial charge in [-0.15, -0.1) is 0 Å². The van der Waals surface area contributed by atoms with E-state index in [0.29, 0.717) is 17.8 Å². The zero-order valence-corrected chi connectivity index (χ0v) is 9.75. The first-order valence-electron chi connectivity index (χ1n) is 5.92. The highest BCUT2D eigenvalue weighted by molar-refractivity contribution is 6.58. The first-order valence-corrected chi connectivity index (χ1v) is 5.92. The monoisotopic (exact) mass is 236 g/mol. The van der Waals surface area contributed by atoms with Gasteiger partial charge in [-0.25, -0.2) is 0 Å². The number of ether oxygens (including phenoxy) is 1. The van der Waals surface area contributed by atoms with Gasteiger partial charge in [0.25, 0.3) is 0 Å². The Morgan fingerprint density at radius 1 is 1.29 bits per heavy atom. The zero-order valence-electron chi connectivity index (χ0n) is 9.75. The van der Waals surface area contributed by atoms with Crippen molar-refractivity contribution in [3.63, 3.8) is 0 Å². The smallest absolute Gasteiger partial charge is 0.490 e. The molecule has 2 rings (SSSR count). The third-order valence-corrected chi connectivity index (χ3v) is 2.91. The third-order valence-electron chi connectivity index (χ3n) is 2.91. The Labute approximate surface area is 101 Å². The fourth-order valence-corrected chi connectivity index (χ4v) is 1.95. The average molecular weight is 236 g/mol. The number of pyridine rings is 1. The normalized spacial score (nSPS) is 16.1. The number of rotatable bonds is 5. The summed E-state index contributed by atoms with van der Waals surface area (Å²) < 4.78 is 5.53. The van der Waals surface area contributed by atoms with Crippen LogP contribution in [0.4, 0.5) is 0 Å². The highest BCUT2D eigenvalue weighted by Crippen LogP contribution is 2.08. The number of hydrogen-bond acceptors (Lipinski definition) is 5. The van der Waals surface area contributed by atoms with Gasteiger partial charge in [0.1, 0.15) is 12.4 Å². The molecule has 0 unspecified atom stereocenters. The van der Waals surface area contributed by atoms with Crippen LogP contribution in [0.25, 0.3) is 0 Å². The Kier molecular flexibility index (Phi) is 4.36. The molecule has 17 heavy (non-hydrogen) atoms. The lowest BCUT2D eigenvalue weighted by Gasteiger charge is -2.14. The molecule has 0 saturated carbocycles. The fourth-order valence-electron chi connectivity index (χ4n) is 1.95. The van der Waals surface area contributed by atoms with Gasteiger partial charge < -0.3 is 14.8 Å². The quantitative estimate of drug-likeness (QED) is 0.657. The SMILES string of the molecule is OB(O)c1cncc(OCCN2CCCC2)c1. The van der Waals surface area contributed by atoms with Crippen molar-refractivity contribution in [2.75, 3.05) is 26.2 Å². The van der Waals surface area contributed by atoms with Crippen molar-refractivity contribution in [1.29, 1.82) is 0 Å². The summed E-state index contributed by atoms with van der Waals surface area (Å²) in [5.41, 5.74) is 0.351. The minimum atomic E-state index is -1.50. The van der Waals surface area contributed by atoms with E-state index >= 15 is 0 Å². The van der Waals surface area contributed by atoms with Crippen molar-refractivity contribution in [1.82, 2.24) is 9.88 Å². The molecule has 0 radical (unpaired) electrons. The maximum atomic E-state index is 9.00. The highest BCUT2D eigenvalue weighted by atomic mass is 16.5. The van der Waals surface area contributed by atoms with Crippen LogP contribution in [0.3, 0.4) is 0 Å². The van der Waals surface area contributed by atoms with E-state index in [0.717, 1.165) is 19.6 Å². The summed E-state index contributed by atoms with van der Waals surface area (Å²) in [5.74, 6) is 0.579. The van der Waals surface area contributed by atoms with Crippen LogP contribution in [0.15, 0.2) is 18.5 Å². The highest BCUT2D eigenvalue weighted by Gasteiger charge is 2.13. The Morgan fingerprint density at radius 3 is 2.76 bits per heavy atom. The number of hydrogen-bond donors (Lipinski definition) is 2. The van der Waals surface area contributed by atoms with Crippen LogP contribution in [0.2, 0.25) is 0 Å². The van der Waals surface area contributed by atoms with Crippen molar-refractivity contribution >= 4 is 12.6 Å². The molecule has 1 aromatic heterocycles. The summed E-state index contributed by atoms with van der Waals surface area (Å²) in [6.07, 6.45) is 5.54. The standard InChI is InChI=1S/C11H17BN2O3/c15-12(16)10-7-11(9-13-8-10)17-6-5-14-3-1-2-4-14/h7-9,15-16H,1-6H2. The average Bonchev–Trinajstić information content (AvgIpc) is 2.82. The number of aromatic nitrogens is 1. The van der Waals surface area contributed by atoms with Crippen molar-refractivity contribution in [3.8, 4) is 5.75 Å². The Hall–Kier alpha value is -1.11. The van der Waals surface area contributed by atoms with Gasteiger partial charge in [0.2, 0.25) is 0 Å². The predicted molar refractivity (Wildman–Crippen MR) is 65.2 cm³/mol. The minimum Gasteiger partial charge on any atom is -0.491 e. The molecule has 1 aromatic rings. The maximum Gasteiger partial charge on any atom is 0.490 e. The van der Waals surface area contributed by atoms with E-state index in [2.05, 4.69) is 9.88 Å². The molecule has 1 fully saturated rings. The molecule has 0 aliphatic carbocycles. The van der Waals surface area contributed by atoms with Gasteiger partial charge in [0.15, 0.2) is 0 Å². The van der Waals surface area contributed by atoms with Gasteiger partial charge >= 0.3 is 7.12 Å². The van der Waals surface area contributed by atoms with Crippen LogP contribution in [0, 0.1) is 0 Å². The molecule has 0 spiro atoms. The molecule has 0 amide bonds. The summed E-state index contributed by atoms with van der Waals surface area (Å²) in [5, 5.41) is 18.0. The summed E-state index contributed by atoms with van der Waals surface area (Å²) in [4.78, 5) is 6.26. The lowest BCUT2D eigenvalue weighted by molar-refractivity contribution is 0.237. The lowest BCUT2D eigenvalue weighted by atomic mass is 9.82. The van der Waals surface area contributed by atoms with Crippen LogP contribution in [-0.4, -0.2) is 53.3 Å². The predicted octanol–water partition coefficient (Wildman–Crippen LogP) is -0.764. The Balaban J connectivity index is 1.79. The molecule has 1 saturated heterocycles. The fraction of sp³-hybridized carbons (Fsp3) is 0.545. The van der Waals surface area contributed by atoms with Crippen molar-refractivity contribution in [3.05, 3.63) is 18.5 Å². The Bertz CT molecular complexity index is 356. The van der Waals surface area contributed by atoms with E-state index in [4.69, 9.17) is 14.8 Å². The van der Waals surface area contributed by atoms with E-state index in [1.165, 1.54) is 19.0 Å². The van der Waals surface area contributed by atoms with Gasteiger partial charge in [-0.1, -0.05) is 0 Å². The molecule has 1 aliphatic heterocycles. The molecular weight excluding hydrogens is 219 g/mol. The first kappa shape index (κ1) is 12.4. The molecule has 92 valence electrons. The van der Waals surface area contributed by atoms with Crippen molar-refractivity contribution in [2.45, 2.75) is 12.8 Å². The van der Waals surface area contributed by atoms with E-state index in [-0.39, 0.29) is 0 Å². The van der Waals surface area contributed by atoms with Crippen LogP contribution in [0.1, 0.15) is 12.8 Å². The van der Waals surface area contributed by atoms with Crippen LogP contribution < -0.4 is 10.2 Å². The number of nitrogens with zero attached hydrogens (tertiary/aromatic N) is 2. The van der Waals surface area contributed by atoms with Crippen LogP contribution >= 0.6 is 0 Å². The summed E-state index contributed by atoms with van der Waals surface area (Å²) in [7, 11) is -1.50. The molecular formula is C11H17BN2O3. The number of likely N-dealkylation sites (tertiary alicyclic amines) is 1. The van der Waals surface area contributed by atoms with Crippen LogP contribution in [0.5, 0.6) is 5.75 Å². The van der Waals surface area contributed by atoms with E-state index in [9.17, 15) is 0 Å². The van der Waals surface area contributed by atoms with Gasteiger partial charge in [0, 0.05) is 18.2 Å². The van der Waals surface area contributed by atoms with Gasteiger partial charge in [-0.3, -0.25) is 9.88 Å². The second-order valence-electron chi connectivity index (χ2n) is 4.22. The van der Waals surface area contributed by atoms with E-state index < -0.39 is 7.12 Å². The first-order chi connectivity index (χ1) is 8.25. The maximum absolute atomic E-state index is 9.00. The van der Waals surface area contributed by atoms with E-state index in [1.54, 1.807) is 12.3 Å². The largest absolute Gasteiger partial charge is 0.491 e. The molecule has 1 aliphatic rings. The van der Waals surface area contributed by atoms with Gasteiger partial charge in [0.05, 0.1) is 6.20 Å². The summed E-state index contributed by atoms with van der Waals surface area (Å²) >= 11 is 0. The molecule has 0 aromatic carbocycles. The summed E-state index contributed by atoms with van der Waals surface area (Å²) in [6, 6.07) is 1.60. The molecule has 0 bridgehead atoms. The lowest BCUT2D eigenvalue weighted by Crippen LogP contribution is -2.30.